The zero-order valence-electron chi connectivity index (χ0n) is 9.08. The van der Waals surface area contributed by atoms with Gasteiger partial charge >= 0.3 is 0 Å². The van der Waals surface area contributed by atoms with Gasteiger partial charge in [0.1, 0.15) is 0 Å². The Balaban J connectivity index is 2.75. The average molecular weight is 264 g/mol. The molecule has 3 N–H and O–H groups in total. The summed E-state index contributed by atoms with van der Waals surface area (Å²) in [4.78, 5) is 4.21. The number of methoxy groups -OCH3 is 1. The molecular formula is C8H14ClN5OS. The molecular weight excluding hydrogens is 250 g/mol. The third kappa shape index (κ3) is 3.28. The Kier molecular flexibility index (Phi) is 5.41. The quantitative estimate of drug-likeness (QED) is 0.506. The maximum atomic E-state index is 6.73. The van der Waals surface area contributed by atoms with E-state index in [0.717, 1.165) is 12.2 Å². The van der Waals surface area contributed by atoms with Crippen LogP contribution < -0.4 is 10.7 Å². The van der Waals surface area contributed by atoms with Gasteiger partial charge in [-0.15, -0.1) is 11.8 Å². The number of rotatable bonds is 6. The molecule has 1 rings (SSSR count). The van der Waals surface area contributed by atoms with Crippen molar-refractivity contribution in [2.75, 3.05) is 12.9 Å². The van der Waals surface area contributed by atoms with Crippen LogP contribution in [0.25, 0.3) is 0 Å². The summed E-state index contributed by atoms with van der Waals surface area (Å²) in [5.41, 5.74) is 9.38. The number of hydrogen-bond donors (Lipinski definition) is 3. The SMILES string of the molecule is CCCSC1N=C(Cl)C(NN=N)=C(OC)N1. The number of nitrogens with one attached hydrogen (secondary N) is 3. The number of allylic oxidation sites excluding steroid dienone is 1. The lowest BCUT2D eigenvalue weighted by molar-refractivity contribution is 0.252. The van der Waals surface area contributed by atoms with Crippen LogP contribution >= 0.6 is 23.4 Å². The molecule has 0 aromatic rings. The minimum Gasteiger partial charge on any atom is -0.481 e. The van der Waals surface area contributed by atoms with Crippen molar-refractivity contribution in [1.82, 2.24) is 10.7 Å². The Morgan fingerprint density at radius 2 is 2.50 bits per heavy atom. The van der Waals surface area contributed by atoms with Gasteiger partial charge in [-0.05, 0) is 12.2 Å². The topological polar surface area (TPSA) is 81.9 Å². The molecule has 0 aliphatic carbocycles. The van der Waals surface area contributed by atoms with Crippen molar-refractivity contribution in [1.29, 1.82) is 5.53 Å². The molecule has 1 aliphatic rings. The molecule has 8 heteroatoms. The van der Waals surface area contributed by atoms with E-state index in [2.05, 4.69) is 27.9 Å². The van der Waals surface area contributed by atoms with E-state index in [1.807, 2.05) is 0 Å². The second kappa shape index (κ2) is 6.59. The van der Waals surface area contributed by atoms with E-state index in [9.17, 15) is 0 Å². The molecule has 16 heavy (non-hydrogen) atoms. The lowest BCUT2D eigenvalue weighted by Gasteiger charge is -2.23. The lowest BCUT2D eigenvalue weighted by atomic mass is 10.4. The van der Waals surface area contributed by atoms with Crippen LogP contribution in [-0.2, 0) is 4.74 Å². The van der Waals surface area contributed by atoms with Gasteiger partial charge in [0, 0.05) is 0 Å². The van der Waals surface area contributed by atoms with Crippen molar-refractivity contribution in [3.05, 3.63) is 11.6 Å². The lowest BCUT2D eigenvalue weighted by Crippen LogP contribution is -2.35. The average Bonchev–Trinajstić information content (AvgIpc) is 2.29. The van der Waals surface area contributed by atoms with Gasteiger partial charge in [0.2, 0.25) is 5.88 Å². The van der Waals surface area contributed by atoms with E-state index >= 15 is 0 Å². The fourth-order valence-corrected chi connectivity index (χ4v) is 2.21. The molecule has 0 fully saturated rings. The molecule has 0 saturated carbocycles. The van der Waals surface area contributed by atoms with Crippen LogP contribution in [0.1, 0.15) is 13.3 Å². The van der Waals surface area contributed by atoms with Gasteiger partial charge in [-0.3, -0.25) is 5.43 Å². The van der Waals surface area contributed by atoms with Crippen molar-refractivity contribution in [3.8, 4) is 0 Å². The Hall–Kier alpha value is -0.950. The Bertz CT molecular complexity index is 320. The van der Waals surface area contributed by atoms with Crippen LogP contribution in [0.3, 0.4) is 0 Å². The number of hydrogen-bond acceptors (Lipinski definition) is 6. The van der Waals surface area contributed by atoms with Crippen molar-refractivity contribution in [3.63, 3.8) is 0 Å². The van der Waals surface area contributed by atoms with Gasteiger partial charge in [-0.25, -0.2) is 4.99 Å². The number of nitrogens with zero attached hydrogens (tertiary/aromatic N) is 2. The molecule has 1 aliphatic heterocycles. The van der Waals surface area contributed by atoms with Crippen molar-refractivity contribution >= 4 is 28.5 Å². The molecule has 0 radical (unpaired) electrons. The maximum absolute atomic E-state index is 6.73. The van der Waals surface area contributed by atoms with Gasteiger partial charge < -0.3 is 10.1 Å². The van der Waals surface area contributed by atoms with E-state index in [0.29, 0.717) is 11.6 Å². The van der Waals surface area contributed by atoms with Crippen molar-refractivity contribution in [2.24, 2.45) is 10.2 Å². The Labute approximate surface area is 103 Å². The first kappa shape index (κ1) is 13.1. The van der Waals surface area contributed by atoms with Crippen molar-refractivity contribution in [2.45, 2.75) is 18.8 Å². The van der Waals surface area contributed by atoms with E-state index in [1.54, 1.807) is 11.8 Å². The third-order valence-electron chi connectivity index (χ3n) is 1.77. The standard InChI is InChI=1S/C8H14ClN5OS/c1-3-4-16-8-11-6(9)5(13-14-10)7(12-8)15-2/h8,12H,3-4H2,1-2H3,(H2,10,13). The number of thioether (sulfide) groups is 1. The van der Waals surface area contributed by atoms with Crippen LogP contribution in [-0.4, -0.2) is 23.5 Å². The van der Waals surface area contributed by atoms with E-state index in [4.69, 9.17) is 21.9 Å². The summed E-state index contributed by atoms with van der Waals surface area (Å²) in [5.74, 6) is 1.43. The summed E-state index contributed by atoms with van der Waals surface area (Å²) >= 11 is 7.60. The predicted octanol–water partition coefficient (Wildman–Crippen LogP) is 2.00. The van der Waals surface area contributed by atoms with Gasteiger partial charge in [-0.1, -0.05) is 23.7 Å². The van der Waals surface area contributed by atoms with E-state index < -0.39 is 0 Å². The third-order valence-corrected chi connectivity index (χ3v) is 3.24. The van der Waals surface area contributed by atoms with E-state index in [-0.39, 0.29) is 10.7 Å². The molecule has 0 aromatic carbocycles. The highest BCUT2D eigenvalue weighted by atomic mass is 35.5. The molecule has 1 atom stereocenters. The first-order valence-corrected chi connectivity index (χ1v) is 6.18. The number of aliphatic imine (C=N–C) groups is 1. The first-order valence-electron chi connectivity index (χ1n) is 4.75. The van der Waals surface area contributed by atoms with Crippen LogP contribution in [0, 0.1) is 5.53 Å². The van der Waals surface area contributed by atoms with E-state index in [1.165, 1.54) is 7.11 Å². The second-order valence-electron chi connectivity index (χ2n) is 2.92. The Morgan fingerprint density at radius 3 is 3.06 bits per heavy atom. The zero-order valence-corrected chi connectivity index (χ0v) is 10.7. The second-order valence-corrected chi connectivity index (χ2v) is 4.47. The molecule has 1 unspecified atom stereocenters. The Morgan fingerprint density at radius 1 is 1.75 bits per heavy atom. The summed E-state index contributed by atoms with van der Waals surface area (Å²) < 4.78 is 5.12. The molecule has 0 aromatic heterocycles. The predicted molar refractivity (Wildman–Crippen MR) is 65.3 cm³/mol. The largest absolute Gasteiger partial charge is 0.481 e. The summed E-state index contributed by atoms with van der Waals surface area (Å²) in [5, 5.41) is 6.36. The normalized spacial score (nSPS) is 19.9. The molecule has 90 valence electrons. The van der Waals surface area contributed by atoms with Gasteiger partial charge in [0.05, 0.1) is 7.11 Å². The van der Waals surface area contributed by atoms with Crippen LogP contribution in [0.15, 0.2) is 21.8 Å². The van der Waals surface area contributed by atoms with Gasteiger partial charge in [0.25, 0.3) is 0 Å². The molecule has 1 heterocycles. The zero-order chi connectivity index (χ0) is 12.0. The maximum Gasteiger partial charge on any atom is 0.218 e. The fraction of sp³-hybridized carbons (Fsp3) is 0.625. The number of halogens is 1. The van der Waals surface area contributed by atoms with Crippen LogP contribution in [0.5, 0.6) is 0 Å². The fourth-order valence-electron chi connectivity index (χ4n) is 1.10. The molecule has 0 amide bonds. The highest BCUT2D eigenvalue weighted by molar-refractivity contribution is 7.99. The van der Waals surface area contributed by atoms with Gasteiger partial charge in [-0.2, -0.15) is 5.53 Å². The molecule has 0 bridgehead atoms. The highest BCUT2D eigenvalue weighted by Crippen LogP contribution is 2.20. The van der Waals surface area contributed by atoms with Crippen LogP contribution in [0.2, 0.25) is 0 Å². The molecule has 0 spiro atoms. The summed E-state index contributed by atoms with van der Waals surface area (Å²) in [7, 11) is 1.52. The monoisotopic (exact) mass is 263 g/mol. The summed E-state index contributed by atoms with van der Waals surface area (Å²) in [6.45, 7) is 2.10. The van der Waals surface area contributed by atoms with Gasteiger partial charge in [0.15, 0.2) is 16.4 Å². The minimum absolute atomic E-state index is 0.154. The van der Waals surface area contributed by atoms with Crippen LogP contribution in [0.4, 0.5) is 0 Å². The minimum atomic E-state index is -0.154. The first-order chi connectivity index (χ1) is 7.72. The summed E-state index contributed by atoms with van der Waals surface area (Å²) in [6.07, 6.45) is 1.06. The highest BCUT2D eigenvalue weighted by Gasteiger charge is 2.22. The van der Waals surface area contributed by atoms with Crippen molar-refractivity contribution < 1.29 is 4.74 Å². The number of ether oxygens (including phenoxy) is 1. The molecule has 0 saturated heterocycles. The molecule has 6 nitrogen and oxygen atoms in total. The smallest absolute Gasteiger partial charge is 0.218 e. The summed E-state index contributed by atoms with van der Waals surface area (Å²) in [6, 6.07) is 0.